The van der Waals surface area contributed by atoms with Crippen LogP contribution in [0.25, 0.3) is 11.1 Å². The minimum Gasteiger partial charge on any atom is -0.461 e. The Labute approximate surface area is 419 Å². The quantitative estimate of drug-likeness (QED) is 0.0299. The lowest BCUT2D eigenvalue weighted by atomic mass is 9.84. The summed E-state index contributed by atoms with van der Waals surface area (Å²) in [5.41, 5.74) is 8.68. The Balaban J connectivity index is 1.12. The molecule has 0 bridgehead atoms. The third-order valence-corrected chi connectivity index (χ3v) is 14.3. The highest BCUT2D eigenvalue weighted by Crippen LogP contribution is 2.49. The number of esters is 1. The molecule has 0 spiro atoms. The summed E-state index contributed by atoms with van der Waals surface area (Å²) in [7, 11) is 0. The topological polar surface area (TPSA) is 143 Å². The van der Waals surface area contributed by atoms with Gasteiger partial charge in [0.25, 0.3) is 0 Å². The van der Waals surface area contributed by atoms with E-state index in [1.807, 2.05) is 188 Å². The van der Waals surface area contributed by atoms with E-state index < -0.39 is 59.3 Å². The van der Waals surface area contributed by atoms with Crippen molar-refractivity contribution in [3.8, 4) is 11.1 Å². The van der Waals surface area contributed by atoms with Gasteiger partial charge >= 0.3 is 12.1 Å². The third-order valence-electron chi connectivity index (χ3n) is 12.7. The molecule has 0 fully saturated rings. The molecule has 1 aliphatic rings. The number of ether oxygens (including phenoxy) is 2. The highest BCUT2D eigenvalue weighted by Gasteiger charge is 2.40. The standard InChI is InChI=1S/C60H57N3O7S/c1-2-36-69-56(65)39-55(64)52(37-42-22-8-3-9-23-42)61-58(67)54(41-71-60(44-26-12-5-13-27-44,45-28-14-6-15-29-45)46-30-16-7-17-31-46)62-57(66)53(38-43-24-10-4-11-25-43)63-59(68)70-40-51-49-34-20-18-32-47(49)48-33-19-21-35-50(48)51/h2-35,51-55,64H,1,36-41H2,(H,61,67)(H,62,66)(H,63,68)/t52-,53-,54-,55+/m1/s1. The second-order valence-corrected chi connectivity index (χ2v) is 18.6. The van der Waals surface area contributed by atoms with Gasteiger partial charge in [0.1, 0.15) is 25.3 Å². The molecule has 71 heavy (non-hydrogen) atoms. The van der Waals surface area contributed by atoms with Crippen LogP contribution >= 0.6 is 11.8 Å². The number of carbonyl (C=O) groups excluding carboxylic acids is 4. The van der Waals surface area contributed by atoms with Crippen molar-refractivity contribution in [2.24, 2.45) is 0 Å². The summed E-state index contributed by atoms with van der Waals surface area (Å²) in [5, 5.41) is 20.6. The number of nitrogens with one attached hydrogen (secondary N) is 3. The molecule has 0 saturated carbocycles. The van der Waals surface area contributed by atoms with E-state index >= 15 is 4.79 Å². The van der Waals surface area contributed by atoms with E-state index in [0.29, 0.717) is 0 Å². The van der Waals surface area contributed by atoms with Crippen molar-refractivity contribution in [3.63, 3.8) is 0 Å². The molecule has 7 aromatic rings. The van der Waals surface area contributed by atoms with Crippen molar-refractivity contribution in [3.05, 3.63) is 252 Å². The Kier molecular flexibility index (Phi) is 16.9. The largest absolute Gasteiger partial charge is 0.461 e. The van der Waals surface area contributed by atoms with Crippen LogP contribution in [0.4, 0.5) is 4.79 Å². The van der Waals surface area contributed by atoms with E-state index in [0.717, 1.165) is 50.1 Å². The van der Waals surface area contributed by atoms with Gasteiger partial charge in [-0.05, 0) is 56.5 Å². The summed E-state index contributed by atoms with van der Waals surface area (Å²) in [6, 6.07) is 61.3. The lowest BCUT2D eigenvalue weighted by Gasteiger charge is -2.37. The fourth-order valence-corrected chi connectivity index (χ4v) is 10.8. The molecule has 0 saturated heterocycles. The van der Waals surface area contributed by atoms with Gasteiger partial charge in [0, 0.05) is 18.1 Å². The zero-order chi connectivity index (χ0) is 49.4. The average molecular weight is 964 g/mol. The Morgan fingerprint density at radius 1 is 0.563 bits per heavy atom. The number of fused-ring (bicyclic) bond motifs is 3. The smallest absolute Gasteiger partial charge is 0.407 e. The van der Waals surface area contributed by atoms with Crippen LogP contribution in [0.3, 0.4) is 0 Å². The normalized spacial score (nSPS) is 13.5. The monoisotopic (exact) mass is 963 g/mol. The van der Waals surface area contributed by atoms with Crippen molar-refractivity contribution in [2.75, 3.05) is 19.0 Å². The average Bonchev–Trinajstić information content (AvgIpc) is 3.73. The highest BCUT2D eigenvalue weighted by molar-refractivity contribution is 8.00. The van der Waals surface area contributed by atoms with Crippen molar-refractivity contribution >= 4 is 35.6 Å². The number of aliphatic hydroxyl groups excluding tert-OH is 1. The van der Waals surface area contributed by atoms with E-state index in [1.165, 1.54) is 17.8 Å². The van der Waals surface area contributed by atoms with Gasteiger partial charge < -0.3 is 30.5 Å². The summed E-state index contributed by atoms with van der Waals surface area (Å²) in [4.78, 5) is 56.9. The zero-order valence-electron chi connectivity index (χ0n) is 39.3. The second kappa shape index (κ2) is 24.2. The predicted octanol–water partition coefficient (Wildman–Crippen LogP) is 9.55. The molecule has 1 aliphatic carbocycles. The van der Waals surface area contributed by atoms with Crippen LogP contribution in [0.2, 0.25) is 0 Å². The lowest BCUT2D eigenvalue weighted by molar-refractivity contribution is -0.145. The van der Waals surface area contributed by atoms with Gasteiger partial charge in [-0.25, -0.2) is 4.79 Å². The molecule has 11 heteroatoms. The summed E-state index contributed by atoms with van der Waals surface area (Å²) in [6.07, 6.45) is -0.866. The Bertz CT molecular complexity index is 2730. The third kappa shape index (κ3) is 12.4. The summed E-state index contributed by atoms with van der Waals surface area (Å²) < 4.78 is 10.3. The van der Waals surface area contributed by atoms with Crippen molar-refractivity contribution in [1.82, 2.24) is 16.0 Å². The van der Waals surface area contributed by atoms with E-state index in [9.17, 15) is 19.5 Å². The van der Waals surface area contributed by atoms with Crippen molar-refractivity contribution in [1.29, 1.82) is 0 Å². The van der Waals surface area contributed by atoms with Crippen LogP contribution in [-0.4, -0.2) is 72.2 Å². The maximum Gasteiger partial charge on any atom is 0.407 e. The first-order valence-electron chi connectivity index (χ1n) is 23.8. The fraction of sp³-hybridized carbons (Fsp3) is 0.200. The number of hydrogen-bond donors (Lipinski definition) is 4. The molecule has 7 aromatic carbocycles. The number of amides is 3. The van der Waals surface area contributed by atoms with Crippen molar-refractivity contribution < 1.29 is 33.8 Å². The zero-order valence-corrected chi connectivity index (χ0v) is 40.1. The molecule has 0 radical (unpaired) electrons. The fourth-order valence-electron chi connectivity index (χ4n) is 9.23. The maximum atomic E-state index is 15.1. The molecule has 0 aliphatic heterocycles. The van der Waals surface area contributed by atoms with Gasteiger partial charge in [0.15, 0.2) is 0 Å². The maximum absolute atomic E-state index is 15.1. The molecule has 0 heterocycles. The molecule has 4 N–H and O–H groups in total. The molecule has 360 valence electrons. The van der Waals surface area contributed by atoms with Crippen LogP contribution in [0, 0.1) is 0 Å². The molecule has 10 nitrogen and oxygen atoms in total. The minimum absolute atomic E-state index is 0.0226. The van der Waals surface area contributed by atoms with Crippen LogP contribution in [0.1, 0.15) is 51.3 Å². The first-order chi connectivity index (χ1) is 34.7. The number of aliphatic hydroxyl groups is 1. The molecule has 8 rings (SSSR count). The molecule has 0 unspecified atom stereocenters. The van der Waals surface area contributed by atoms with E-state index in [-0.39, 0.29) is 37.7 Å². The molecular formula is C60H57N3O7S. The first-order valence-corrected chi connectivity index (χ1v) is 24.8. The van der Waals surface area contributed by atoms with E-state index in [1.54, 1.807) is 0 Å². The minimum atomic E-state index is -1.36. The van der Waals surface area contributed by atoms with Gasteiger partial charge in [0.2, 0.25) is 11.8 Å². The van der Waals surface area contributed by atoms with Gasteiger partial charge in [0.05, 0.1) is 23.3 Å². The Morgan fingerprint density at radius 2 is 1.01 bits per heavy atom. The van der Waals surface area contributed by atoms with Crippen LogP contribution in [0.5, 0.6) is 0 Å². The second-order valence-electron chi connectivity index (χ2n) is 17.4. The molecule has 0 aromatic heterocycles. The highest BCUT2D eigenvalue weighted by atomic mass is 32.2. The van der Waals surface area contributed by atoms with Crippen LogP contribution < -0.4 is 16.0 Å². The van der Waals surface area contributed by atoms with Gasteiger partial charge in [-0.3, -0.25) is 14.4 Å². The summed E-state index contributed by atoms with van der Waals surface area (Å²) >= 11 is 1.47. The number of alkyl carbamates (subject to hydrolysis) is 1. The SMILES string of the molecule is C=CCOC(=O)C[C@H](O)[C@@H](Cc1ccccc1)NC(=O)[C@@H](CSC(c1ccccc1)(c1ccccc1)c1ccccc1)NC(=O)[C@@H](Cc1ccccc1)NC(=O)OCC1c2ccccc2-c2ccccc21. The number of rotatable bonds is 22. The Morgan fingerprint density at radius 3 is 1.52 bits per heavy atom. The van der Waals surface area contributed by atoms with Gasteiger partial charge in [-0.15, -0.1) is 11.8 Å². The summed E-state index contributed by atoms with van der Waals surface area (Å²) in [5.74, 6) is -2.07. The summed E-state index contributed by atoms with van der Waals surface area (Å²) in [6.45, 7) is 3.61. The molecule has 3 amide bonds. The van der Waals surface area contributed by atoms with Crippen LogP contribution in [-0.2, 0) is 41.4 Å². The number of hydrogen-bond acceptors (Lipinski definition) is 8. The lowest BCUT2D eigenvalue weighted by Crippen LogP contribution is -2.58. The number of benzene rings is 7. The predicted molar refractivity (Wildman–Crippen MR) is 280 cm³/mol. The molecular weight excluding hydrogens is 907 g/mol. The number of carbonyl (C=O) groups is 4. The first kappa shape index (κ1) is 49.7. The van der Waals surface area contributed by atoms with Crippen molar-refractivity contribution in [2.45, 2.75) is 54.2 Å². The van der Waals surface area contributed by atoms with E-state index in [4.69, 9.17) is 9.47 Å². The molecule has 4 atom stereocenters. The van der Waals surface area contributed by atoms with Gasteiger partial charge in [-0.1, -0.05) is 213 Å². The van der Waals surface area contributed by atoms with E-state index in [2.05, 4.69) is 34.7 Å². The van der Waals surface area contributed by atoms with Crippen LogP contribution in [0.15, 0.2) is 213 Å². The van der Waals surface area contributed by atoms with Gasteiger partial charge in [-0.2, -0.15) is 0 Å². The number of thioether (sulfide) groups is 1. The Hall–Kier alpha value is -7.73.